The van der Waals surface area contributed by atoms with Crippen LogP contribution in [0.15, 0.2) is 24.3 Å². The predicted molar refractivity (Wildman–Crippen MR) is 75.9 cm³/mol. The van der Waals surface area contributed by atoms with Crippen LogP contribution >= 0.6 is 10.5 Å². The third-order valence-electron chi connectivity index (χ3n) is 3.26. The molecule has 0 N–H and O–H groups in total. The second kappa shape index (κ2) is 4.82. The van der Waals surface area contributed by atoms with E-state index in [0.717, 1.165) is 10.9 Å². The van der Waals surface area contributed by atoms with Gasteiger partial charge in [0.25, 0.3) is 0 Å². The van der Waals surface area contributed by atoms with E-state index < -0.39 is 16.0 Å². The molecule has 2 rings (SSSR count). The molecule has 0 amide bonds. The van der Waals surface area contributed by atoms with Crippen LogP contribution in [0.3, 0.4) is 0 Å². The number of halogens is 3. The third kappa shape index (κ3) is 2.64. The fourth-order valence-electron chi connectivity index (χ4n) is 2.21. The van der Waals surface area contributed by atoms with Crippen LogP contribution in [0.5, 0.6) is 0 Å². The lowest BCUT2D eigenvalue weighted by Crippen LogP contribution is -1.99. The van der Waals surface area contributed by atoms with Gasteiger partial charge in [0.15, 0.2) is 9.58 Å². The van der Waals surface area contributed by atoms with Gasteiger partial charge < -0.3 is 0 Å². The number of rotatable bonds is 2. The molecule has 1 aromatic carbocycles. The summed E-state index contributed by atoms with van der Waals surface area (Å²) in [5.74, 6) is 0.159. The van der Waals surface area contributed by atoms with Crippen LogP contribution in [0.25, 0.3) is 10.1 Å². The Morgan fingerprint density at radius 3 is 2.05 bits per heavy atom. The molecule has 4 heteroatoms. The predicted octanol–water partition coefficient (Wildman–Crippen LogP) is 6.31. The molecule has 0 aliphatic rings. The van der Waals surface area contributed by atoms with Gasteiger partial charge in [-0.3, -0.25) is 0 Å². The van der Waals surface area contributed by atoms with Gasteiger partial charge in [-0.05, 0) is 17.5 Å². The van der Waals surface area contributed by atoms with Gasteiger partial charge in [-0.1, -0.05) is 33.8 Å². The number of hydrogen-bond donors (Lipinski definition) is 0. The Bertz CT molecular complexity index is 591. The van der Waals surface area contributed by atoms with Crippen molar-refractivity contribution in [3.05, 3.63) is 34.7 Å². The number of benzene rings is 1. The van der Waals surface area contributed by atoms with Crippen molar-refractivity contribution in [2.75, 3.05) is 0 Å². The second-order valence-electron chi connectivity index (χ2n) is 5.41. The van der Waals surface area contributed by atoms with E-state index in [2.05, 4.69) is 0 Å². The van der Waals surface area contributed by atoms with Gasteiger partial charge in [0.2, 0.25) is 0 Å². The Morgan fingerprint density at radius 2 is 1.58 bits per heavy atom. The maximum atomic E-state index is 13.4. The van der Waals surface area contributed by atoms with Crippen molar-refractivity contribution in [2.45, 2.75) is 45.0 Å². The monoisotopic (exact) mass is 287 g/mol. The molecule has 0 radical (unpaired) electrons. The molecular weight excluding hydrogens is 269 g/mol. The normalized spacial score (nSPS) is 13.8. The molecule has 0 nitrogen and oxygen atoms in total. The summed E-state index contributed by atoms with van der Waals surface area (Å²) in [7, 11) is -1.75. The van der Waals surface area contributed by atoms with Crippen LogP contribution in [0, 0.1) is 0 Å². The fourth-order valence-corrected chi connectivity index (χ4v) is 4.31. The summed E-state index contributed by atoms with van der Waals surface area (Å²) < 4.78 is 40.5. The lowest BCUT2D eigenvalue weighted by atomic mass is 10.0. The zero-order valence-corrected chi connectivity index (χ0v) is 12.3. The molecule has 0 aliphatic heterocycles. The lowest BCUT2D eigenvalue weighted by Gasteiger charge is -2.05. The standard InChI is InChI=1S/C15H18F3S/c1-9(2)11-5-6-12-8-13(10(3)4)19(14(12)7-11)15(16,17)18/h5-10H,1-4H3/q+1. The summed E-state index contributed by atoms with van der Waals surface area (Å²) in [6.07, 6.45) is 0. The highest BCUT2D eigenvalue weighted by Gasteiger charge is 2.48. The Hall–Kier alpha value is -1.03. The van der Waals surface area contributed by atoms with Crippen molar-refractivity contribution in [3.63, 3.8) is 0 Å². The van der Waals surface area contributed by atoms with E-state index in [1.54, 1.807) is 12.1 Å². The zero-order valence-electron chi connectivity index (χ0n) is 11.5. The zero-order chi connectivity index (χ0) is 14.4. The molecule has 0 spiro atoms. The molecule has 0 saturated carbocycles. The van der Waals surface area contributed by atoms with Gasteiger partial charge in [-0.2, -0.15) is 0 Å². The van der Waals surface area contributed by atoms with Gasteiger partial charge in [0.05, 0.1) is 10.5 Å². The Labute approximate surface area is 114 Å². The molecular formula is C15H18F3S+. The molecule has 2 aromatic rings. The number of alkyl halides is 3. The van der Waals surface area contributed by atoms with Crippen LogP contribution in [0.2, 0.25) is 0 Å². The van der Waals surface area contributed by atoms with Gasteiger partial charge >= 0.3 is 5.51 Å². The highest BCUT2D eigenvalue weighted by molar-refractivity contribution is 7.38. The largest absolute Gasteiger partial charge is 0.600 e. The minimum atomic E-state index is -4.18. The van der Waals surface area contributed by atoms with Crippen LogP contribution in [0.4, 0.5) is 13.2 Å². The molecule has 19 heavy (non-hydrogen) atoms. The molecule has 0 saturated heterocycles. The Kier molecular flexibility index (Phi) is 3.65. The second-order valence-corrected chi connectivity index (χ2v) is 7.39. The van der Waals surface area contributed by atoms with E-state index in [1.807, 2.05) is 39.8 Å². The molecule has 1 heterocycles. The maximum absolute atomic E-state index is 13.4. The first-order valence-corrected chi connectivity index (χ1v) is 7.61. The van der Waals surface area contributed by atoms with Crippen LogP contribution in [-0.4, -0.2) is 0 Å². The van der Waals surface area contributed by atoms with E-state index in [9.17, 15) is 13.2 Å². The number of hydrogen-bond acceptors (Lipinski definition) is 0. The first-order chi connectivity index (χ1) is 8.71. The van der Waals surface area contributed by atoms with E-state index >= 15 is 0 Å². The van der Waals surface area contributed by atoms with Crippen LogP contribution in [0.1, 0.15) is 50.0 Å². The quantitative estimate of drug-likeness (QED) is 0.567. The average molecular weight is 287 g/mol. The van der Waals surface area contributed by atoms with Crippen molar-refractivity contribution in [3.8, 4) is 0 Å². The summed E-state index contributed by atoms with van der Waals surface area (Å²) >= 11 is 0. The van der Waals surface area contributed by atoms with Crippen molar-refractivity contribution in [2.24, 2.45) is 0 Å². The van der Waals surface area contributed by atoms with Crippen LogP contribution in [-0.2, 0) is 5.51 Å². The average Bonchev–Trinajstić information content (AvgIpc) is 2.66. The highest BCUT2D eigenvalue weighted by Crippen LogP contribution is 2.53. The van der Waals surface area contributed by atoms with Crippen molar-refractivity contribution < 1.29 is 13.2 Å². The highest BCUT2D eigenvalue weighted by atomic mass is 32.2. The Morgan fingerprint density at radius 1 is 0.947 bits per heavy atom. The van der Waals surface area contributed by atoms with Gasteiger partial charge in [0.1, 0.15) is 0 Å². The van der Waals surface area contributed by atoms with Crippen LogP contribution < -0.4 is 0 Å². The molecule has 104 valence electrons. The van der Waals surface area contributed by atoms with Crippen molar-refractivity contribution in [1.29, 1.82) is 0 Å². The summed E-state index contributed by atoms with van der Waals surface area (Å²) in [5.41, 5.74) is -3.21. The molecule has 0 aliphatic carbocycles. The van der Waals surface area contributed by atoms with Crippen molar-refractivity contribution in [1.82, 2.24) is 0 Å². The molecule has 1 aromatic heterocycles. The van der Waals surface area contributed by atoms with Gasteiger partial charge in [-0.25, -0.2) is 0 Å². The number of thiophene rings is 1. The maximum Gasteiger partial charge on any atom is 0.600 e. The SMILES string of the molecule is CC(C)c1ccc2cc(C(C)C)[s+](C(F)(F)F)c2c1. The summed E-state index contributed by atoms with van der Waals surface area (Å²) in [4.78, 5) is 0.503. The van der Waals surface area contributed by atoms with E-state index in [4.69, 9.17) is 0 Å². The smallest absolute Gasteiger partial charge is 0.118 e. The summed E-state index contributed by atoms with van der Waals surface area (Å²) in [5, 5.41) is 0.730. The minimum Gasteiger partial charge on any atom is -0.118 e. The molecule has 0 fully saturated rings. The van der Waals surface area contributed by atoms with Gasteiger partial charge in [-0.15, -0.1) is 13.2 Å². The fraction of sp³-hybridized carbons (Fsp3) is 0.467. The van der Waals surface area contributed by atoms with E-state index in [1.165, 1.54) is 0 Å². The minimum absolute atomic E-state index is 0.0835. The molecule has 1 unspecified atom stereocenters. The third-order valence-corrected chi connectivity index (χ3v) is 5.58. The topological polar surface area (TPSA) is 0 Å². The first kappa shape index (κ1) is 14.4. The number of fused-ring (bicyclic) bond motifs is 1. The van der Waals surface area contributed by atoms with E-state index in [0.29, 0.717) is 9.58 Å². The van der Waals surface area contributed by atoms with Crippen molar-refractivity contribution >= 4 is 20.6 Å². The molecule has 0 bridgehead atoms. The first-order valence-electron chi connectivity index (χ1n) is 6.38. The Balaban J connectivity index is 2.78. The van der Waals surface area contributed by atoms with Gasteiger partial charge in [0, 0.05) is 23.4 Å². The summed E-state index contributed by atoms with van der Waals surface area (Å²) in [6, 6.07) is 7.22. The summed E-state index contributed by atoms with van der Waals surface area (Å²) in [6.45, 7) is 7.65. The van der Waals surface area contributed by atoms with E-state index in [-0.39, 0.29) is 11.8 Å². The lowest BCUT2D eigenvalue weighted by molar-refractivity contribution is -0.0868. The molecule has 1 atom stereocenters.